The number of hydrogen-bond donors (Lipinski definition) is 4. The molecule has 1 aliphatic rings. The van der Waals surface area contributed by atoms with Crippen LogP contribution in [0.15, 0.2) is 36.4 Å². The fourth-order valence-electron chi connectivity index (χ4n) is 4.12. The predicted molar refractivity (Wildman–Crippen MR) is 144 cm³/mol. The first kappa shape index (κ1) is 27.9. The van der Waals surface area contributed by atoms with Gasteiger partial charge in [-0.15, -0.1) is 0 Å². The predicted octanol–water partition coefficient (Wildman–Crippen LogP) is 3.18. The molecule has 4 rings (SSSR count). The van der Waals surface area contributed by atoms with E-state index in [4.69, 9.17) is 4.98 Å². The summed E-state index contributed by atoms with van der Waals surface area (Å²) in [6.45, 7) is 4.62. The van der Waals surface area contributed by atoms with Crippen LogP contribution in [-0.2, 0) is 6.54 Å². The molecule has 0 aliphatic carbocycles. The summed E-state index contributed by atoms with van der Waals surface area (Å²) in [7, 11) is 3.82. The molecule has 4 N–H and O–H groups in total. The number of amides is 3. The Morgan fingerprint density at radius 1 is 1.21 bits per heavy atom. The van der Waals surface area contributed by atoms with Crippen molar-refractivity contribution in [1.29, 1.82) is 0 Å². The largest absolute Gasteiger partial charge is 0.392 e. The number of fused-ring (bicyclic) bond motifs is 1. The smallest absolute Gasteiger partial charge is 0.328 e. The second kappa shape index (κ2) is 11.7. The van der Waals surface area contributed by atoms with Crippen LogP contribution in [-0.4, -0.2) is 71.7 Å². The first-order valence-corrected chi connectivity index (χ1v) is 12.5. The van der Waals surface area contributed by atoms with E-state index in [-0.39, 0.29) is 30.8 Å². The lowest BCUT2D eigenvalue weighted by atomic mass is 9.97. The van der Waals surface area contributed by atoms with Crippen molar-refractivity contribution < 1.29 is 23.5 Å². The molecule has 1 aromatic heterocycles. The van der Waals surface area contributed by atoms with Gasteiger partial charge < -0.3 is 26.0 Å². The van der Waals surface area contributed by atoms with E-state index in [1.807, 2.05) is 25.9 Å². The van der Waals surface area contributed by atoms with E-state index in [1.54, 1.807) is 25.1 Å². The second-order valence-corrected chi connectivity index (χ2v) is 9.58. The van der Waals surface area contributed by atoms with E-state index >= 15 is 0 Å². The molecule has 0 spiro atoms. The quantitative estimate of drug-likeness (QED) is 0.329. The van der Waals surface area contributed by atoms with Gasteiger partial charge in [-0.25, -0.2) is 23.5 Å². The Balaban J connectivity index is 1.88. The SMILES string of the molecule is Cc1ccc(C(=O)NC[C@@H](C)O)cc1-c1nc(NCCN(C)C)nc2c1CNC(=O)N2c1c(F)cccc1F. The molecule has 0 radical (unpaired) electrons. The average Bonchev–Trinajstić information content (AvgIpc) is 2.88. The number of carbonyl (C=O) groups excluding carboxylic acids is 2. The highest BCUT2D eigenvalue weighted by molar-refractivity contribution is 6.02. The van der Waals surface area contributed by atoms with Gasteiger partial charge in [0.25, 0.3) is 5.91 Å². The van der Waals surface area contributed by atoms with Gasteiger partial charge in [0.1, 0.15) is 17.3 Å². The summed E-state index contributed by atoms with van der Waals surface area (Å²) in [5, 5.41) is 18.0. The zero-order valence-electron chi connectivity index (χ0n) is 22.2. The van der Waals surface area contributed by atoms with Crippen LogP contribution in [0.2, 0.25) is 0 Å². The molecule has 2 heterocycles. The molecule has 0 bridgehead atoms. The molecule has 0 unspecified atom stereocenters. The summed E-state index contributed by atoms with van der Waals surface area (Å²) >= 11 is 0. The van der Waals surface area contributed by atoms with Crippen LogP contribution in [0.25, 0.3) is 11.3 Å². The number of urea groups is 1. The molecule has 0 saturated carbocycles. The Morgan fingerprint density at radius 2 is 1.92 bits per heavy atom. The molecule has 0 saturated heterocycles. The number of para-hydroxylation sites is 1. The second-order valence-electron chi connectivity index (χ2n) is 9.58. The van der Waals surface area contributed by atoms with Crippen molar-refractivity contribution in [3.05, 3.63) is 64.7 Å². The van der Waals surface area contributed by atoms with E-state index in [0.717, 1.165) is 22.6 Å². The molecule has 3 amide bonds. The van der Waals surface area contributed by atoms with Crippen molar-refractivity contribution in [2.75, 3.05) is 43.9 Å². The highest BCUT2D eigenvalue weighted by Gasteiger charge is 2.34. The number of anilines is 3. The summed E-state index contributed by atoms with van der Waals surface area (Å²) < 4.78 is 29.7. The number of aliphatic hydroxyl groups is 1. The van der Waals surface area contributed by atoms with Gasteiger partial charge in [-0.05, 0) is 57.8 Å². The summed E-state index contributed by atoms with van der Waals surface area (Å²) in [5.41, 5.74) is 1.98. The number of hydrogen-bond acceptors (Lipinski definition) is 7. The highest BCUT2D eigenvalue weighted by Crippen LogP contribution is 2.39. The number of aromatic nitrogens is 2. The van der Waals surface area contributed by atoms with Crippen LogP contribution >= 0.6 is 0 Å². The minimum Gasteiger partial charge on any atom is -0.392 e. The van der Waals surface area contributed by atoms with Crippen LogP contribution in [0.1, 0.15) is 28.4 Å². The normalized spacial score (nSPS) is 13.6. The first-order chi connectivity index (χ1) is 18.6. The third-order valence-electron chi connectivity index (χ3n) is 6.13. The minimum absolute atomic E-state index is 0.00589. The molecule has 3 aromatic rings. The van der Waals surface area contributed by atoms with E-state index in [1.165, 1.54) is 6.07 Å². The van der Waals surface area contributed by atoms with Gasteiger partial charge in [-0.1, -0.05) is 12.1 Å². The van der Waals surface area contributed by atoms with Crippen molar-refractivity contribution in [3.63, 3.8) is 0 Å². The lowest BCUT2D eigenvalue weighted by molar-refractivity contribution is 0.0924. The van der Waals surface area contributed by atoms with Crippen LogP contribution in [0, 0.1) is 18.6 Å². The van der Waals surface area contributed by atoms with Gasteiger partial charge in [0, 0.05) is 36.3 Å². The zero-order chi connectivity index (χ0) is 28.3. The number of halogens is 2. The molecule has 1 aliphatic heterocycles. The molecule has 1 atom stereocenters. The number of benzene rings is 2. The molecule has 12 heteroatoms. The van der Waals surface area contributed by atoms with E-state index < -0.39 is 29.5 Å². The van der Waals surface area contributed by atoms with E-state index in [9.17, 15) is 23.5 Å². The highest BCUT2D eigenvalue weighted by atomic mass is 19.1. The van der Waals surface area contributed by atoms with Crippen molar-refractivity contribution in [3.8, 4) is 11.3 Å². The maximum absolute atomic E-state index is 14.9. The van der Waals surface area contributed by atoms with Crippen LogP contribution in [0.3, 0.4) is 0 Å². The van der Waals surface area contributed by atoms with Crippen molar-refractivity contribution in [1.82, 2.24) is 25.5 Å². The van der Waals surface area contributed by atoms with E-state index in [0.29, 0.717) is 35.5 Å². The van der Waals surface area contributed by atoms with Gasteiger partial charge in [0.2, 0.25) is 5.95 Å². The van der Waals surface area contributed by atoms with Gasteiger partial charge in [0.05, 0.1) is 18.3 Å². The number of nitrogens with one attached hydrogen (secondary N) is 3. The Labute approximate surface area is 225 Å². The summed E-state index contributed by atoms with van der Waals surface area (Å²) in [5.74, 6) is -2.04. The maximum atomic E-state index is 14.9. The number of carbonyl (C=O) groups is 2. The Morgan fingerprint density at radius 3 is 2.59 bits per heavy atom. The van der Waals surface area contributed by atoms with Gasteiger partial charge >= 0.3 is 6.03 Å². The first-order valence-electron chi connectivity index (χ1n) is 12.5. The zero-order valence-corrected chi connectivity index (χ0v) is 22.2. The molecular formula is C27H31F2N7O3. The van der Waals surface area contributed by atoms with Crippen molar-refractivity contribution in [2.24, 2.45) is 0 Å². The number of likely N-dealkylation sites (N-methyl/N-ethyl adjacent to an activating group) is 1. The Bertz CT molecular complexity index is 1380. The number of aryl methyl sites for hydroxylation is 1. The van der Waals surface area contributed by atoms with Gasteiger partial charge in [-0.2, -0.15) is 4.98 Å². The monoisotopic (exact) mass is 539 g/mol. The van der Waals surface area contributed by atoms with Crippen LogP contribution < -0.4 is 20.9 Å². The lowest BCUT2D eigenvalue weighted by Gasteiger charge is -2.31. The molecule has 10 nitrogen and oxygen atoms in total. The van der Waals surface area contributed by atoms with E-state index in [2.05, 4.69) is 20.9 Å². The van der Waals surface area contributed by atoms with Crippen LogP contribution in [0.4, 0.5) is 31.0 Å². The Kier molecular flexibility index (Phi) is 8.36. The summed E-state index contributed by atoms with van der Waals surface area (Å²) in [6, 6.07) is 7.68. The lowest BCUT2D eigenvalue weighted by Crippen LogP contribution is -2.43. The molecular weight excluding hydrogens is 508 g/mol. The van der Waals surface area contributed by atoms with Gasteiger partial charge in [-0.3, -0.25) is 4.79 Å². The molecule has 0 fully saturated rings. The number of rotatable bonds is 9. The molecule has 2 aromatic carbocycles. The topological polar surface area (TPSA) is 123 Å². The fourth-order valence-corrected chi connectivity index (χ4v) is 4.12. The third kappa shape index (κ3) is 6.13. The molecule has 39 heavy (non-hydrogen) atoms. The van der Waals surface area contributed by atoms with Crippen molar-refractivity contribution in [2.45, 2.75) is 26.5 Å². The standard InChI is InChI=1S/C27H31F2N7O3/c1-15-8-9-17(25(38)31-13-16(2)37)12-18(15)22-19-14-32-27(39)36(23-20(28)6-5-7-21(23)29)24(19)34-26(33-22)30-10-11-35(3)4/h5-9,12,16,37H,10-11,13-14H2,1-4H3,(H,31,38)(H,32,39)(H,30,33,34)/t16-/m1/s1. The summed E-state index contributed by atoms with van der Waals surface area (Å²) in [4.78, 5) is 37.8. The third-order valence-corrected chi connectivity index (χ3v) is 6.13. The van der Waals surface area contributed by atoms with Crippen molar-refractivity contribution >= 4 is 29.4 Å². The molecule has 206 valence electrons. The minimum atomic E-state index is -0.923. The van der Waals surface area contributed by atoms with Crippen LogP contribution in [0.5, 0.6) is 0 Å². The fraction of sp³-hybridized carbons (Fsp3) is 0.333. The number of aliphatic hydroxyl groups excluding tert-OH is 1. The number of nitrogens with zero attached hydrogens (tertiary/aromatic N) is 4. The summed E-state index contributed by atoms with van der Waals surface area (Å²) in [6.07, 6.45) is -0.711. The average molecular weight is 540 g/mol. The van der Waals surface area contributed by atoms with Gasteiger partial charge in [0.15, 0.2) is 5.82 Å². The maximum Gasteiger partial charge on any atom is 0.328 e. The Hall–Kier alpha value is -4.16.